The number of benzene rings is 1. The van der Waals surface area contributed by atoms with Crippen LogP contribution in [0.2, 0.25) is 0 Å². The third kappa shape index (κ3) is 5.94. The Labute approximate surface area is 257 Å². The van der Waals surface area contributed by atoms with Gasteiger partial charge in [0, 0.05) is 68.0 Å². The summed E-state index contributed by atoms with van der Waals surface area (Å²) in [4.78, 5) is 37.0. The van der Waals surface area contributed by atoms with E-state index in [2.05, 4.69) is 15.1 Å². The van der Waals surface area contributed by atoms with Gasteiger partial charge in [-0.2, -0.15) is 4.98 Å². The number of amides is 2. The molecule has 2 aromatic heterocycles. The zero-order valence-corrected chi connectivity index (χ0v) is 26.6. The van der Waals surface area contributed by atoms with Crippen LogP contribution in [-0.2, 0) is 15.1 Å². The minimum atomic E-state index is -1.73. The maximum Gasteiger partial charge on any atom is 0.410 e. The number of pyridine rings is 1. The van der Waals surface area contributed by atoms with Gasteiger partial charge < -0.3 is 24.2 Å². The van der Waals surface area contributed by atoms with Crippen LogP contribution < -0.4 is 0 Å². The van der Waals surface area contributed by atoms with Gasteiger partial charge in [-0.15, -0.1) is 0 Å². The molecule has 4 heterocycles. The number of hydrogen-bond donors (Lipinski definition) is 1. The summed E-state index contributed by atoms with van der Waals surface area (Å²) in [5, 5.41) is 16.9. The zero-order chi connectivity index (χ0) is 32.0. The third-order valence-corrected chi connectivity index (χ3v) is 8.79. The van der Waals surface area contributed by atoms with Gasteiger partial charge in [0.15, 0.2) is 0 Å². The molecule has 2 saturated heterocycles. The predicted octanol–water partition coefficient (Wildman–Crippen LogP) is 5.61. The summed E-state index contributed by atoms with van der Waals surface area (Å²) >= 11 is 0. The summed E-state index contributed by atoms with van der Waals surface area (Å²) in [6, 6.07) is 6.57. The molecule has 2 amide bonds. The van der Waals surface area contributed by atoms with Crippen molar-refractivity contribution in [3.8, 4) is 11.4 Å². The van der Waals surface area contributed by atoms with Gasteiger partial charge in [-0.1, -0.05) is 38.1 Å². The zero-order valence-electron chi connectivity index (χ0n) is 26.6. The van der Waals surface area contributed by atoms with Crippen LogP contribution in [0.4, 0.5) is 9.18 Å². The normalized spacial score (nSPS) is 18.6. The van der Waals surface area contributed by atoms with Crippen molar-refractivity contribution in [1.82, 2.24) is 24.9 Å². The van der Waals surface area contributed by atoms with Crippen molar-refractivity contribution in [3.63, 3.8) is 0 Å². The molecule has 1 aromatic carbocycles. The van der Waals surface area contributed by atoms with Crippen molar-refractivity contribution in [2.75, 3.05) is 26.2 Å². The van der Waals surface area contributed by atoms with E-state index in [1.54, 1.807) is 58.3 Å². The monoisotopic (exact) mass is 607 g/mol. The van der Waals surface area contributed by atoms with E-state index in [0.29, 0.717) is 47.1 Å². The van der Waals surface area contributed by atoms with E-state index >= 15 is 4.39 Å². The summed E-state index contributed by atoms with van der Waals surface area (Å²) in [6.45, 7) is 14.3. The number of aromatic nitrogens is 3. The molecule has 1 unspecified atom stereocenters. The molecule has 2 aliphatic rings. The van der Waals surface area contributed by atoms with Gasteiger partial charge in [-0.25, -0.2) is 9.18 Å². The van der Waals surface area contributed by atoms with E-state index in [1.807, 2.05) is 25.7 Å². The molecule has 0 radical (unpaired) electrons. The van der Waals surface area contributed by atoms with Crippen molar-refractivity contribution in [1.29, 1.82) is 0 Å². The number of nitrogens with zero attached hydrogens (tertiary/aromatic N) is 5. The molecule has 236 valence electrons. The lowest BCUT2D eigenvalue weighted by Gasteiger charge is -2.56. The number of halogens is 1. The van der Waals surface area contributed by atoms with E-state index in [-0.39, 0.29) is 30.8 Å². The number of carbonyl (C=O) groups excluding carboxylic acids is 2. The van der Waals surface area contributed by atoms with Crippen LogP contribution in [-0.4, -0.2) is 73.8 Å². The summed E-state index contributed by atoms with van der Waals surface area (Å²) in [6.07, 6.45) is 4.12. The minimum Gasteiger partial charge on any atom is -0.444 e. The molecule has 2 aliphatic heterocycles. The molecule has 10 nitrogen and oxygen atoms in total. The molecule has 3 aromatic rings. The Morgan fingerprint density at radius 3 is 2.36 bits per heavy atom. The van der Waals surface area contributed by atoms with E-state index < -0.39 is 28.5 Å². The SMILES string of the molecule is CC(=O)N1CCC(c2nc(-c3cncc(C(O)(c4ccc(C(C)C)c(F)c4)C4(C)CN(C(=O)OC(C)(C)C)C4)c3)no2)CC1. The quantitative estimate of drug-likeness (QED) is 0.384. The van der Waals surface area contributed by atoms with Crippen LogP contribution >= 0.6 is 0 Å². The van der Waals surface area contributed by atoms with Crippen molar-refractivity contribution in [2.45, 2.75) is 84.3 Å². The number of carbonyl (C=O) groups is 2. The second-order valence-corrected chi connectivity index (χ2v) is 13.7. The number of aliphatic hydroxyl groups is 1. The topological polar surface area (TPSA) is 122 Å². The minimum absolute atomic E-state index is 0.0359. The van der Waals surface area contributed by atoms with Crippen LogP contribution in [0.15, 0.2) is 41.2 Å². The Morgan fingerprint density at radius 2 is 1.77 bits per heavy atom. The van der Waals surface area contributed by atoms with E-state index in [1.165, 1.54) is 11.0 Å². The highest BCUT2D eigenvalue weighted by atomic mass is 19.1. The summed E-state index contributed by atoms with van der Waals surface area (Å²) in [7, 11) is 0. The fraction of sp³-hybridized carbons (Fsp3) is 0.545. The first-order valence-corrected chi connectivity index (χ1v) is 15.2. The number of piperidine rings is 1. The fourth-order valence-electron chi connectivity index (χ4n) is 6.28. The third-order valence-electron chi connectivity index (χ3n) is 8.79. The van der Waals surface area contributed by atoms with E-state index in [9.17, 15) is 14.7 Å². The lowest BCUT2D eigenvalue weighted by molar-refractivity contribution is -0.132. The average Bonchev–Trinajstić information content (AvgIpc) is 3.44. The molecule has 0 aliphatic carbocycles. The highest BCUT2D eigenvalue weighted by Crippen LogP contribution is 2.51. The predicted molar refractivity (Wildman–Crippen MR) is 161 cm³/mol. The maximum atomic E-state index is 15.4. The van der Waals surface area contributed by atoms with Crippen LogP contribution in [0.1, 0.15) is 95.7 Å². The second kappa shape index (κ2) is 11.6. The summed E-state index contributed by atoms with van der Waals surface area (Å²) in [5.74, 6) is 0.459. The van der Waals surface area contributed by atoms with Crippen molar-refractivity contribution < 1.29 is 28.3 Å². The fourth-order valence-corrected chi connectivity index (χ4v) is 6.28. The van der Waals surface area contributed by atoms with Crippen molar-refractivity contribution >= 4 is 12.0 Å². The number of hydrogen-bond acceptors (Lipinski definition) is 8. The van der Waals surface area contributed by atoms with Crippen LogP contribution in [0.5, 0.6) is 0 Å². The second-order valence-electron chi connectivity index (χ2n) is 13.7. The van der Waals surface area contributed by atoms with Crippen molar-refractivity contribution in [2.24, 2.45) is 5.41 Å². The number of ether oxygens (including phenoxy) is 1. The van der Waals surface area contributed by atoms with Crippen LogP contribution in [0, 0.1) is 11.2 Å². The molecule has 5 rings (SSSR count). The van der Waals surface area contributed by atoms with Crippen LogP contribution in [0.3, 0.4) is 0 Å². The molecule has 11 heteroatoms. The molecular formula is C33H42FN5O5. The van der Waals surface area contributed by atoms with Gasteiger partial charge in [0.25, 0.3) is 0 Å². The Kier molecular flexibility index (Phi) is 8.30. The van der Waals surface area contributed by atoms with Gasteiger partial charge >= 0.3 is 6.09 Å². The van der Waals surface area contributed by atoms with Gasteiger partial charge in [-0.3, -0.25) is 9.78 Å². The standard InChI is InChI=1S/C33H42FN5O5/c1-20(2)26-9-8-24(15-27(26)34)33(42,32(7)18-39(19-32)30(41)43-31(4,5)6)25-14-23(16-35-17-25)28-36-29(44-37-28)22-10-12-38(13-11-22)21(3)40/h8-9,14-17,20,22,42H,10-13,18-19H2,1-7H3. The lowest BCUT2D eigenvalue weighted by Crippen LogP contribution is -2.66. The first-order chi connectivity index (χ1) is 20.6. The number of likely N-dealkylation sites (tertiary alicyclic amines) is 2. The first kappa shape index (κ1) is 31.6. The van der Waals surface area contributed by atoms with E-state index in [4.69, 9.17) is 9.26 Å². The van der Waals surface area contributed by atoms with Gasteiger partial charge in [0.2, 0.25) is 17.6 Å². The van der Waals surface area contributed by atoms with Crippen molar-refractivity contribution in [3.05, 3.63) is 65.1 Å². The first-order valence-electron chi connectivity index (χ1n) is 15.2. The Hall–Kier alpha value is -3.86. The molecule has 0 bridgehead atoms. The van der Waals surface area contributed by atoms with Gasteiger partial charge in [-0.05, 0) is 62.8 Å². The Bertz CT molecular complexity index is 1540. The molecule has 44 heavy (non-hydrogen) atoms. The summed E-state index contributed by atoms with van der Waals surface area (Å²) in [5.41, 5.74) is -1.44. The smallest absolute Gasteiger partial charge is 0.410 e. The molecule has 1 N–H and O–H groups in total. The lowest BCUT2D eigenvalue weighted by atomic mass is 9.62. The molecular weight excluding hydrogens is 565 g/mol. The molecule has 2 fully saturated rings. The molecule has 0 spiro atoms. The summed E-state index contributed by atoms with van der Waals surface area (Å²) < 4.78 is 26.6. The Morgan fingerprint density at radius 1 is 1.09 bits per heavy atom. The average molecular weight is 608 g/mol. The Balaban J connectivity index is 1.48. The number of rotatable bonds is 6. The maximum absolute atomic E-state index is 15.4. The van der Waals surface area contributed by atoms with Gasteiger partial charge in [0.1, 0.15) is 17.0 Å². The van der Waals surface area contributed by atoms with Crippen LogP contribution in [0.25, 0.3) is 11.4 Å². The largest absolute Gasteiger partial charge is 0.444 e. The van der Waals surface area contributed by atoms with Gasteiger partial charge in [0.05, 0.1) is 0 Å². The highest BCUT2D eigenvalue weighted by Gasteiger charge is 2.58. The molecule has 0 saturated carbocycles. The highest BCUT2D eigenvalue weighted by molar-refractivity contribution is 5.73. The van der Waals surface area contributed by atoms with E-state index in [0.717, 1.165) is 12.8 Å². The molecule has 1 atom stereocenters.